The second-order valence-corrected chi connectivity index (χ2v) is 5.15. The SMILES string of the molecule is CC(Nc1ccc2c(c1)OC(C)(C)O2)c1ccco1. The van der Waals surface area contributed by atoms with E-state index in [0.717, 1.165) is 22.9 Å². The Hall–Kier alpha value is -2.10. The smallest absolute Gasteiger partial charge is 0.246 e. The predicted octanol–water partition coefficient (Wildman–Crippen LogP) is 3.96. The summed E-state index contributed by atoms with van der Waals surface area (Å²) < 4.78 is 16.8. The minimum atomic E-state index is -0.590. The van der Waals surface area contributed by atoms with E-state index in [4.69, 9.17) is 13.9 Å². The summed E-state index contributed by atoms with van der Waals surface area (Å²) in [5.74, 6) is 1.86. The molecule has 0 saturated carbocycles. The Balaban J connectivity index is 1.77. The van der Waals surface area contributed by atoms with Crippen LogP contribution in [0.15, 0.2) is 41.0 Å². The van der Waals surface area contributed by atoms with Gasteiger partial charge < -0.3 is 19.2 Å². The van der Waals surface area contributed by atoms with Gasteiger partial charge in [0.15, 0.2) is 11.5 Å². The maximum Gasteiger partial charge on any atom is 0.246 e. The molecule has 0 fully saturated rings. The zero-order valence-corrected chi connectivity index (χ0v) is 11.3. The predicted molar refractivity (Wildman–Crippen MR) is 72.5 cm³/mol. The number of rotatable bonds is 3. The molecular formula is C15H17NO3. The molecule has 1 aromatic carbocycles. The molecule has 1 aromatic heterocycles. The Morgan fingerprint density at radius 3 is 2.63 bits per heavy atom. The Bertz CT molecular complexity index is 575. The summed E-state index contributed by atoms with van der Waals surface area (Å²) in [5.41, 5.74) is 0.976. The van der Waals surface area contributed by atoms with Crippen LogP contribution >= 0.6 is 0 Å². The lowest BCUT2D eigenvalue weighted by atomic mass is 10.2. The normalized spacial score (nSPS) is 17.2. The van der Waals surface area contributed by atoms with Gasteiger partial charge in [0, 0.05) is 25.6 Å². The number of fused-ring (bicyclic) bond motifs is 1. The summed E-state index contributed by atoms with van der Waals surface area (Å²) in [5, 5.41) is 3.37. The molecule has 0 amide bonds. The molecule has 1 aliphatic rings. The standard InChI is InChI=1S/C15H17NO3/c1-10(12-5-4-8-17-12)16-11-6-7-13-14(9-11)19-15(2,3)18-13/h4-10,16H,1-3H3. The molecule has 1 aliphatic heterocycles. The highest BCUT2D eigenvalue weighted by molar-refractivity contribution is 5.56. The maximum absolute atomic E-state index is 5.72. The third-order valence-corrected chi connectivity index (χ3v) is 3.01. The van der Waals surface area contributed by atoms with Gasteiger partial charge in [0.05, 0.1) is 12.3 Å². The number of furan rings is 1. The number of hydrogen-bond donors (Lipinski definition) is 1. The minimum Gasteiger partial charge on any atom is -0.467 e. The van der Waals surface area contributed by atoms with Crippen molar-refractivity contribution in [2.24, 2.45) is 0 Å². The van der Waals surface area contributed by atoms with Crippen molar-refractivity contribution in [3.05, 3.63) is 42.4 Å². The van der Waals surface area contributed by atoms with Crippen LogP contribution in [0, 0.1) is 0 Å². The molecular weight excluding hydrogens is 242 g/mol. The molecule has 100 valence electrons. The van der Waals surface area contributed by atoms with E-state index < -0.39 is 5.79 Å². The van der Waals surface area contributed by atoms with Gasteiger partial charge in [-0.3, -0.25) is 0 Å². The van der Waals surface area contributed by atoms with Crippen molar-refractivity contribution in [2.45, 2.75) is 32.6 Å². The summed E-state index contributed by atoms with van der Waals surface area (Å²) in [6.45, 7) is 5.84. The second kappa shape index (κ2) is 4.23. The third kappa shape index (κ3) is 2.38. The van der Waals surface area contributed by atoms with Crippen LogP contribution in [0.3, 0.4) is 0 Å². The van der Waals surface area contributed by atoms with Gasteiger partial charge in [-0.25, -0.2) is 0 Å². The van der Waals surface area contributed by atoms with Crippen molar-refractivity contribution >= 4 is 5.69 Å². The van der Waals surface area contributed by atoms with Crippen molar-refractivity contribution in [1.29, 1.82) is 0 Å². The van der Waals surface area contributed by atoms with E-state index in [-0.39, 0.29) is 6.04 Å². The van der Waals surface area contributed by atoms with E-state index in [2.05, 4.69) is 5.32 Å². The van der Waals surface area contributed by atoms with Gasteiger partial charge in [0.25, 0.3) is 0 Å². The van der Waals surface area contributed by atoms with Crippen LogP contribution in [-0.2, 0) is 0 Å². The zero-order chi connectivity index (χ0) is 13.5. The molecule has 1 unspecified atom stereocenters. The summed E-state index contributed by atoms with van der Waals surface area (Å²) in [6.07, 6.45) is 1.68. The van der Waals surface area contributed by atoms with E-state index in [1.54, 1.807) is 6.26 Å². The number of hydrogen-bond acceptors (Lipinski definition) is 4. The van der Waals surface area contributed by atoms with E-state index in [1.165, 1.54) is 0 Å². The van der Waals surface area contributed by atoms with Crippen molar-refractivity contribution in [3.63, 3.8) is 0 Å². The number of ether oxygens (including phenoxy) is 2. The first-order chi connectivity index (χ1) is 9.03. The molecule has 2 aromatic rings. The van der Waals surface area contributed by atoms with Crippen molar-refractivity contribution in [1.82, 2.24) is 0 Å². The van der Waals surface area contributed by atoms with Gasteiger partial charge in [-0.2, -0.15) is 0 Å². The van der Waals surface area contributed by atoms with E-state index in [0.29, 0.717) is 0 Å². The molecule has 1 atom stereocenters. The number of benzene rings is 1. The maximum atomic E-state index is 5.72. The van der Waals surface area contributed by atoms with Crippen LogP contribution < -0.4 is 14.8 Å². The first-order valence-electron chi connectivity index (χ1n) is 6.35. The number of anilines is 1. The molecule has 19 heavy (non-hydrogen) atoms. The molecule has 0 aliphatic carbocycles. The Morgan fingerprint density at radius 2 is 1.89 bits per heavy atom. The molecule has 4 nitrogen and oxygen atoms in total. The first kappa shape index (κ1) is 12.0. The molecule has 1 N–H and O–H groups in total. The van der Waals surface area contributed by atoms with E-state index in [9.17, 15) is 0 Å². The van der Waals surface area contributed by atoms with E-state index >= 15 is 0 Å². The van der Waals surface area contributed by atoms with Crippen LogP contribution in [0.5, 0.6) is 11.5 Å². The highest BCUT2D eigenvalue weighted by Gasteiger charge is 2.31. The summed E-state index contributed by atoms with van der Waals surface area (Å²) in [7, 11) is 0. The summed E-state index contributed by atoms with van der Waals surface area (Å²) in [6, 6.07) is 9.78. The molecule has 0 radical (unpaired) electrons. The quantitative estimate of drug-likeness (QED) is 0.906. The Kier molecular flexibility index (Phi) is 2.66. The second-order valence-electron chi connectivity index (χ2n) is 5.15. The van der Waals surface area contributed by atoms with Gasteiger partial charge in [-0.05, 0) is 31.2 Å². The lowest BCUT2D eigenvalue weighted by molar-refractivity contribution is -0.0431. The monoisotopic (exact) mass is 259 g/mol. The lowest BCUT2D eigenvalue weighted by Gasteiger charge is -2.16. The molecule has 0 spiro atoms. The fraction of sp³-hybridized carbons (Fsp3) is 0.333. The van der Waals surface area contributed by atoms with Crippen LogP contribution in [0.1, 0.15) is 32.6 Å². The van der Waals surface area contributed by atoms with Crippen molar-refractivity contribution in [3.8, 4) is 11.5 Å². The van der Waals surface area contributed by atoms with Gasteiger partial charge in [-0.15, -0.1) is 0 Å². The van der Waals surface area contributed by atoms with Gasteiger partial charge in [-0.1, -0.05) is 0 Å². The summed E-state index contributed by atoms with van der Waals surface area (Å²) in [4.78, 5) is 0. The zero-order valence-electron chi connectivity index (χ0n) is 11.3. The van der Waals surface area contributed by atoms with Crippen LogP contribution in [0.25, 0.3) is 0 Å². The van der Waals surface area contributed by atoms with Gasteiger partial charge >= 0.3 is 0 Å². The lowest BCUT2D eigenvalue weighted by Crippen LogP contribution is -2.29. The van der Waals surface area contributed by atoms with Gasteiger partial charge in [0.1, 0.15) is 5.76 Å². The Labute approximate surface area is 112 Å². The van der Waals surface area contributed by atoms with Crippen molar-refractivity contribution in [2.75, 3.05) is 5.32 Å². The van der Waals surface area contributed by atoms with Crippen LogP contribution in [-0.4, -0.2) is 5.79 Å². The molecule has 3 rings (SSSR count). The number of nitrogens with one attached hydrogen (secondary N) is 1. The molecule has 0 bridgehead atoms. The van der Waals surface area contributed by atoms with E-state index in [1.807, 2.05) is 51.1 Å². The highest BCUT2D eigenvalue weighted by Crippen LogP contribution is 2.41. The fourth-order valence-corrected chi connectivity index (χ4v) is 2.17. The third-order valence-electron chi connectivity index (χ3n) is 3.01. The minimum absolute atomic E-state index is 0.100. The largest absolute Gasteiger partial charge is 0.467 e. The fourth-order valence-electron chi connectivity index (χ4n) is 2.17. The molecule has 2 heterocycles. The van der Waals surface area contributed by atoms with Crippen molar-refractivity contribution < 1.29 is 13.9 Å². The van der Waals surface area contributed by atoms with Crippen LogP contribution in [0.2, 0.25) is 0 Å². The Morgan fingerprint density at radius 1 is 1.11 bits per heavy atom. The topological polar surface area (TPSA) is 43.6 Å². The van der Waals surface area contributed by atoms with Crippen LogP contribution in [0.4, 0.5) is 5.69 Å². The highest BCUT2D eigenvalue weighted by atomic mass is 16.7. The van der Waals surface area contributed by atoms with Gasteiger partial charge in [0.2, 0.25) is 5.79 Å². The molecule has 0 saturated heterocycles. The average Bonchev–Trinajstić information content (AvgIpc) is 2.93. The molecule has 4 heteroatoms. The summed E-state index contributed by atoms with van der Waals surface area (Å²) >= 11 is 0. The average molecular weight is 259 g/mol. The first-order valence-corrected chi connectivity index (χ1v) is 6.35.